The lowest BCUT2D eigenvalue weighted by molar-refractivity contribution is -0.139. The second-order valence-electron chi connectivity index (χ2n) is 7.59. The molecule has 29 heavy (non-hydrogen) atoms. The Morgan fingerprint density at radius 3 is 2.21 bits per heavy atom. The number of piperidine rings is 1. The number of para-hydroxylation sites is 2. The molecule has 0 radical (unpaired) electrons. The quantitative estimate of drug-likeness (QED) is 0.791. The largest absolute Gasteiger partial charge is 0.370 e. The van der Waals surface area contributed by atoms with Crippen LogP contribution >= 0.6 is 0 Å². The Labute approximate surface area is 170 Å². The Balaban J connectivity index is 1.44. The number of imide groups is 1. The number of nitrogens with one attached hydrogen (secondary N) is 1. The smallest absolute Gasteiger partial charge is 0.255 e. The van der Waals surface area contributed by atoms with E-state index in [4.69, 9.17) is 0 Å². The van der Waals surface area contributed by atoms with Crippen molar-refractivity contribution in [3.05, 3.63) is 59.7 Å². The first-order valence-corrected chi connectivity index (χ1v) is 10.2. The van der Waals surface area contributed by atoms with Gasteiger partial charge < -0.3 is 10.2 Å². The molecule has 3 amide bonds. The maximum atomic E-state index is 12.8. The molecular weight excluding hydrogens is 366 g/mol. The molecule has 2 aliphatic heterocycles. The highest BCUT2D eigenvalue weighted by molar-refractivity contribution is 6.06. The minimum absolute atomic E-state index is 0.133. The topological polar surface area (TPSA) is 69.7 Å². The van der Waals surface area contributed by atoms with Crippen LogP contribution in [0, 0.1) is 0 Å². The summed E-state index contributed by atoms with van der Waals surface area (Å²) in [5, 5.41) is 3.03. The van der Waals surface area contributed by atoms with E-state index in [0.29, 0.717) is 5.56 Å². The van der Waals surface area contributed by atoms with Crippen molar-refractivity contribution in [2.45, 2.75) is 38.6 Å². The summed E-state index contributed by atoms with van der Waals surface area (Å²) in [6, 6.07) is 15.0. The van der Waals surface area contributed by atoms with Crippen molar-refractivity contribution in [3.8, 4) is 0 Å². The van der Waals surface area contributed by atoms with Crippen LogP contribution < -0.4 is 10.2 Å². The molecule has 0 atom stereocenters. The summed E-state index contributed by atoms with van der Waals surface area (Å²) in [6.45, 7) is 2.28. The summed E-state index contributed by atoms with van der Waals surface area (Å²) in [5.41, 5.74) is 3.25. The summed E-state index contributed by atoms with van der Waals surface area (Å²) in [7, 11) is 0. The molecule has 0 bridgehead atoms. The van der Waals surface area contributed by atoms with E-state index >= 15 is 0 Å². The minimum atomic E-state index is -0.172. The van der Waals surface area contributed by atoms with Gasteiger partial charge in [-0.15, -0.1) is 0 Å². The number of benzene rings is 2. The maximum Gasteiger partial charge on any atom is 0.255 e. The molecular formula is C23H25N3O3. The van der Waals surface area contributed by atoms with Gasteiger partial charge in [-0.3, -0.25) is 19.3 Å². The van der Waals surface area contributed by atoms with Crippen LogP contribution in [0.2, 0.25) is 0 Å². The molecule has 6 nitrogen and oxygen atoms in total. The van der Waals surface area contributed by atoms with E-state index in [1.54, 1.807) is 24.3 Å². The number of carbonyl (C=O) groups is 3. The first-order valence-electron chi connectivity index (χ1n) is 10.2. The van der Waals surface area contributed by atoms with E-state index in [2.05, 4.69) is 10.2 Å². The molecule has 2 saturated heterocycles. The van der Waals surface area contributed by atoms with Gasteiger partial charge >= 0.3 is 0 Å². The number of nitrogens with zero attached hydrogens (tertiary/aromatic N) is 2. The van der Waals surface area contributed by atoms with Crippen molar-refractivity contribution in [2.75, 3.05) is 23.3 Å². The lowest BCUT2D eigenvalue weighted by Gasteiger charge is -2.30. The van der Waals surface area contributed by atoms with Gasteiger partial charge in [0.25, 0.3) is 5.91 Å². The highest BCUT2D eigenvalue weighted by Gasteiger charge is 2.28. The third-order valence-corrected chi connectivity index (χ3v) is 5.56. The Bertz CT molecular complexity index is 901. The molecule has 0 aliphatic carbocycles. The molecule has 0 unspecified atom stereocenters. The number of carbonyl (C=O) groups excluding carboxylic acids is 3. The second-order valence-corrected chi connectivity index (χ2v) is 7.59. The first kappa shape index (κ1) is 19.2. The van der Waals surface area contributed by atoms with Crippen LogP contribution in [0.15, 0.2) is 48.5 Å². The molecule has 6 heteroatoms. The molecule has 150 valence electrons. The van der Waals surface area contributed by atoms with E-state index < -0.39 is 0 Å². The number of likely N-dealkylation sites (tertiary alicyclic amines) is 1. The Hall–Kier alpha value is -3.15. The predicted octanol–water partition coefficient (Wildman–Crippen LogP) is 3.58. The van der Waals surface area contributed by atoms with E-state index in [9.17, 15) is 14.4 Å². The number of hydrogen-bond donors (Lipinski definition) is 1. The monoisotopic (exact) mass is 391 g/mol. The van der Waals surface area contributed by atoms with Crippen molar-refractivity contribution in [2.24, 2.45) is 0 Å². The Morgan fingerprint density at radius 1 is 0.862 bits per heavy atom. The van der Waals surface area contributed by atoms with Gasteiger partial charge in [-0.2, -0.15) is 0 Å². The van der Waals surface area contributed by atoms with Crippen LogP contribution in [0.25, 0.3) is 0 Å². The third kappa shape index (κ3) is 4.31. The minimum Gasteiger partial charge on any atom is -0.370 e. The van der Waals surface area contributed by atoms with Gasteiger partial charge in [-0.05, 0) is 49.1 Å². The lowest BCUT2D eigenvalue weighted by Crippen LogP contribution is -2.30. The van der Waals surface area contributed by atoms with E-state index in [1.165, 1.54) is 24.2 Å². The number of anilines is 2. The van der Waals surface area contributed by atoms with Crippen molar-refractivity contribution in [1.29, 1.82) is 0 Å². The van der Waals surface area contributed by atoms with Crippen molar-refractivity contribution in [1.82, 2.24) is 4.90 Å². The highest BCUT2D eigenvalue weighted by atomic mass is 16.2. The summed E-state index contributed by atoms with van der Waals surface area (Å²) >= 11 is 0. The molecule has 1 N–H and O–H groups in total. The molecule has 0 spiro atoms. The van der Waals surface area contributed by atoms with E-state index in [-0.39, 0.29) is 37.1 Å². The molecule has 2 aromatic carbocycles. The van der Waals surface area contributed by atoms with Crippen LogP contribution in [0.5, 0.6) is 0 Å². The van der Waals surface area contributed by atoms with Crippen LogP contribution in [0.1, 0.15) is 48.0 Å². The van der Waals surface area contributed by atoms with E-state index in [1.807, 2.05) is 24.3 Å². The molecule has 2 fully saturated rings. The summed E-state index contributed by atoms with van der Waals surface area (Å²) < 4.78 is 0. The fourth-order valence-corrected chi connectivity index (χ4v) is 3.93. The summed E-state index contributed by atoms with van der Waals surface area (Å²) in [4.78, 5) is 39.9. The van der Waals surface area contributed by atoms with Gasteiger partial charge in [0, 0.05) is 31.5 Å². The van der Waals surface area contributed by atoms with Crippen molar-refractivity contribution in [3.63, 3.8) is 0 Å². The van der Waals surface area contributed by atoms with Crippen LogP contribution in [0.3, 0.4) is 0 Å². The normalized spacial score (nSPS) is 17.0. The standard InChI is InChI=1S/C23H25N3O3/c27-21-12-13-22(28)26(21)16-17-8-10-18(11-9-17)23(29)24-19-6-2-3-7-20(19)25-14-4-1-5-15-25/h2-3,6-11H,1,4-5,12-16H2,(H,24,29). The molecule has 0 saturated carbocycles. The number of hydrogen-bond acceptors (Lipinski definition) is 4. The zero-order valence-corrected chi connectivity index (χ0v) is 16.4. The van der Waals surface area contributed by atoms with Gasteiger partial charge in [0.1, 0.15) is 0 Å². The molecule has 2 aliphatic rings. The lowest BCUT2D eigenvalue weighted by atomic mass is 10.1. The molecule has 0 aromatic heterocycles. The second kappa shape index (κ2) is 8.47. The SMILES string of the molecule is O=C(Nc1ccccc1N1CCCCC1)c1ccc(CN2C(=O)CCC2=O)cc1. The fourth-order valence-electron chi connectivity index (χ4n) is 3.93. The third-order valence-electron chi connectivity index (χ3n) is 5.56. The molecule has 4 rings (SSSR count). The summed E-state index contributed by atoms with van der Waals surface area (Å²) in [5.74, 6) is -0.438. The number of rotatable bonds is 5. The number of amides is 3. The van der Waals surface area contributed by atoms with Crippen LogP contribution in [0.4, 0.5) is 11.4 Å². The Kier molecular flexibility index (Phi) is 5.60. The Morgan fingerprint density at radius 2 is 1.52 bits per heavy atom. The van der Waals surface area contributed by atoms with Gasteiger partial charge in [0.05, 0.1) is 17.9 Å². The average Bonchev–Trinajstić information content (AvgIpc) is 3.07. The average molecular weight is 391 g/mol. The zero-order chi connectivity index (χ0) is 20.2. The molecule has 2 aromatic rings. The van der Waals surface area contributed by atoms with Crippen LogP contribution in [-0.2, 0) is 16.1 Å². The van der Waals surface area contributed by atoms with Gasteiger partial charge in [0.15, 0.2) is 0 Å². The van der Waals surface area contributed by atoms with Gasteiger partial charge in [-0.1, -0.05) is 24.3 Å². The highest BCUT2D eigenvalue weighted by Crippen LogP contribution is 2.28. The maximum absolute atomic E-state index is 12.8. The molecule has 2 heterocycles. The fraction of sp³-hybridized carbons (Fsp3) is 0.348. The van der Waals surface area contributed by atoms with Crippen LogP contribution in [-0.4, -0.2) is 35.7 Å². The predicted molar refractivity (Wildman–Crippen MR) is 112 cm³/mol. The van der Waals surface area contributed by atoms with Gasteiger partial charge in [0.2, 0.25) is 11.8 Å². The first-order chi connectivity index (χ1) is 14.1. The summed E-state index contributed by atoms with van der Waals surface area (Å²) in [6.07, 6.45) is 4.18. The van der Waals surface area contributed by atoms with Crippen molar-refractivity contribution < 1.29 is 14.4 Å². The van der Waals surface area contributed by atoms with Crippen molar-refractivity contribution >= 4 is 29.1 Å². The van der Waals surface area contributed by atoms with Gasteiger partial charge in [-0.25, -0.2) is 0 Å². The zero-order valence-electron chi connectivity index (χ0n) is 16.4. The van der Waals surface area contributed by atoms with E-state index in [0.717, 1.165) is 30.0 Å².